The summed E-state index contributed by atoms with van der Waals surface area (Å²) in [4.78, 5) is 12.5. The first-order valence-corrected chi connectivity index (χ1v) is 8.11. The molecule has 2 nitrogen and oxygen atoms in total. The highest BCUT2D eigenvalue weighted by Gasteiger charge is 2.36. The molecule has 2 aromatic carbocycles. The third-order valence-corrected chi connectivity index (χ3v) is 5.00. The van der Waals surface area contributed by atoms with E-state index in [1.807, 2.05) is 55.5 Å². The van der Waals surface area contributed by atoms with E-state index in [9.17, 15) is 4.79 Å². The second-order valence-electron chi connectivity index (χ2n) is 5.70. The van der Waals surface area contributed by atoms with Crippen molar-refractivity contribution in [2.45, 2.75) is 25.4 Å². The molecule has 3 atom stereocenters. The van der Waals surface area contributed by atoms with Gasteiger partial charge in [0.05, 0.1) is 0 Å². The van der Waals surface area contributed by atoms with Crippen molar-refractivity contribution in [3.05, 3.63) is 69.7 Å². The van der Waals surface area contributed by atoms with E-state index in [0.29, 0.717) is 16.5 Å². The van der Waals surface area contributed by atoms with E-state index >= 15 is 0 Å². The summed E-state index contributed by atoms with van der Waals surface area (Å²) in [6.45, 7) is 1.95. The number of benzene rings is 2. The SMILES string of the molecule is CC1C(=O)CC(c2ccccc2Cl)NC1c1ccccc1Cl.Cl. The summed E-state index contributed by atoms with van der Waals surface area (Å²) in [5, 5.41) is 4.92. The summed E-state index contributed by atoms with van der Waals surface area (Å²) < 4.78 is 0. The fraction of sp³-hybridized carbons (Fsp3) is 0.278. The average Bonchev–Trinajstić information content (AvgIpc) is 2.51. The number of carbonyl (C=O) groups excluding carboxylic acids is 1. The Labute approximate surface area is 152 Å². The van der Waals surface area contributed by atoms with Gasteiger partial charge in [0.1, 0.15) is 5.78 Å². The van der Waals surface area contributed by atoms with Gasteiger partial charge >= 0.3 is 0 Å². The van der Waals surface area contributed by atoms with Gasteiger partial charge in [0.25, 0.3) is 0 Å². The molecule has 0 saturated carbocycles. The van der Waals surface area contributed by atoms with E-state index in [1.54, 1.807) is 0 Å². The van der Waals surface area contributed by atoms with Crippen LogP contribution in [0, 0.1) is 5.92 Å². The van der Waals surface area contributed by atoms with Crippen molar-refractivity contribution in [1.29, 1.82) is 0 Å². The molecule has 2 aromatic rings. The zero-order valence-electron chi connectivity index (χ0n) is 12.6. The Kier molecular flexibility index (Phi) is 6.10. The lowest BCUT2D eigenvalue weighted by molar-refractivity contribution is -0.126. The smallest absolute Gasteiger partial charge is 0.139 e. The van der Waals surface area contributed by atoms with Gasteiger partial charge in [-0.2, -0.15) is 0 Å². The first-order valence-electron chi connectivity index (χ1n) is 7.35. The second-order valence-corrected chi connectivity index (χ2v) is 6.51. The maximum Gasteiger partial charge on any atom is 0.139 e. The van der Waals surface area contributed by atoms with Crippen LogP contribution in [0.25, 0.3) is 0 Å². The average molecular weight is 371 g/mol. The van der Waals surface area contributed by atoms with E-state index in [0.717, 1.165) is 11.1 Å². The molecule has 1 heterocycles. The summed E-state index contributed by atoms with van der Waals surface area (Å²) in [5.41, 5.74) is 1.92. The number of carbonyl (C=O) groups is 1. The fourth-order valence-electron chi connectivity index (χ4n) is 3.04. The molecule has 1 saturated heterocycles. The molecule has 0 bridgehead atoms. The number of piperidine rings is 1. The lowest BCUT2D eigenvalue weighted by atomic mass is 9.82. The van der Waals surface area contributed by atoms with Crippen LogP contribution in [0.3, 0.4) is 0 Å². The molecular weight excluding hydrogens is 353 g/mol. The van der Waals surface area contributed by atoms with Gasteiger partial charge < -0.3 is 5.32 Å². The normalized spacial score (nSPS) is 24.1. The van der Waals surface area contributed by atoms with Crippen LogP contribution in [0.2, 0.25) is 10.0 Å². The first-order chi connectivity index (χ1) is 10.6. The summed E-state index contributed by atoms with van der Waals surface area (Å²) in [7, 11) is 0. The van der Waals surface area contributed by atoms with Crippen LogP contribution in [0.4, 0.5) is 0 Å². The van der Waals surface area contributed by atoms with Crippen molar-refractivity contribution in [2.24, 2.45) is 5.92 Å². The largest absolute Gasteiger partial charge is 0.302 e. The molecular formula is C18H18Cl3NO. The molecule has 1 aliphatic rings. The molecule has 23 heavy (non-hydrogen) atoms. The molecule has 3 unspecified atom stereocenters. The van der Waals surface area contributed by atoms with Crippen LogP contribution in [-0.2, 0) is 4.79 Å². The van der Waals surface area contributed by atoms with Gasteiger partial charge in [0.15, 0.2) is 0 Å². The highest BCUT2D eigenvalue weighted by Crippen LogP contribution is 2.38. The number of rotatable bonds is 2. The molecule has 0 amide bonds. The van der Waals surface area contributed by atoms with Crippen LogP contribution >= 0.6 is 35.6 Å². The van der Waals surface area contributed by atoms with E-state index < -0.39 is 0 Å². The van der Waals surface area contributed by atoms with Crippen molar-refractivity contribution in [3.8, 4) is 0 Å². The lowest BCUT2D eigenvalue weighted by Gasteiger charge is -2.36. The number of hydrogen-bond donors (Lipinski definition) is 1. The Balaban J connectivity index is 0.00000192. The molecule has 0 spiro atoms. The topological polar surface area (TPSA) is 29.1 Å². The van der Waals surface area contributed by atoms with Gasteiger partial charge in [0.2, 0.25) is 0 Å². The number of ketones is 1. The van der Waals surface area contributed by atoms with Gasteiger partial charge in [-0.15, -0.1) is 12.4 Å². The maximum absolute atomic E-state index is 12.5. The van der Waals surface area contributed by atoms with E-state index in [4.69, 9.17) is 23.2 Å². The molecule has 0 radical (unpaired) electrons. The van der Waals surface area contributed by atoms with Crippen molar-refractivity contribution in [1.82, 2.24) is 5.32 Å². The minimum absolute atomic E-state index is 0. The van der Waals surface area contributed by atoms with Crippen molar-refractivity contribution >= 4 is 41.4 Å². The van der Waals surface area contributed by atoms with Crippen molar-refractivity contribution in [2.75, 3.05) is 0 Å². The monoisotopic (exact) mass is 369 g/mol. The maximum atomic E-state index is 12.5. The Hall–Kier alpha value is -1.06. The Morgan fingerprint density at radius 3 is 2.04 bits per heavy atom. The molecule has 1 aliphatic heterocycles. The first kappa shape index (κ1) is 18.3. The van der Waals surface area contributed by atoms with E-state index in [-0.39, 0.29) is 36.2 Å². The van der Waals surface area contributed by atoms with Gasteiger partial charge in [0, 0.05) is 34.5 Å². The Morgan fingerprint density at radius 1 is 0.957 bits per heavy atom. The second kappa shape index (κ2) is 7.67. The molecule has 5 heteroatoms. The van der Waals surface area contributed by atoms with Gasteiger partial charge in [-0.05, 0) is 23.3 Å². The highest BCUT2D eigenvalue weighted by molar-refractivity contribution is 6.31. The predicted octanol–water partition coefficient (Wildman–Crippen LogP) is 5.40. The molecule has 0 aromatic heterocycles. The zero-order chi connectivity index (χ0) is 15.7. The molecule has 0 aliphatic carbocycles. The number of halogens is 3. The zero-order valence-corrected chi connectivity index (χ0v) is 15.0. The van der Waals surface area contributed by atoms with Crippen LogP contribution in [0.1, 0.15) is 36.6 Å². The van der Waals surface area contributed by atoms with Gasteiger partial charge in [-0.1, -0.05) is 66.5 Å². The predicted molar refractivity (Wildman–Crippen MR) is 97.6 cm³/mol. The minimum Gasteiger partial charge on any atom is -0.302 e. The number of nitrogens with one attached hydrogen (secondary N) is 1. The van der Waals surface area contributed by atoms with Crippen LogP contribution < -0.4 is 5.32 Å². The minimum atomic E-state index is -0.112. The van der Waals surface area contributed by atoms with Crippen LogP contribution in [0.15, 0.2) is 48.5 Å². The molecule has 3 rings (SSSR count). The fourth-order valence-corrected chi connectivity index (χ4v) is 3.56. The molecule has 1 fully saturated rings. The Bertz CT molecular complexity index is 704. The Morgan fingerprint density at radius 2 is 1.48 bits per heavy atom. The van der Waals surface area contributed by atoms with Gasteiger partial charge in [-0.3, -0.25) is 4.79 Å². The lowest BCUT2D eigenvalue weighted by Crippen LogP contribution is -2.41. The summed E-state index contributed by atoms with van der Waals surface area (Å²) >= 11 is 12.6. The van der Waals surface area contributed by atoms with E-state index in [2.05, 4.69) is 5.32 Å². The van der Waals surface area contributed by atoms with E-state index in [1.165, 1.54) is 0 Å². The third-order valence-electron chi connectivity index (χ3n) is 4.31. The standard InChI is InChI=1S/C18H17Cl2NO.ClH/c1-11-17(22)10-16(12-6-2-4-8-14(12)19)21-18(11)13-7-3-5-9-15(13)20;/h2-9,11,16,18,21H,10H2,1H3;1H. The van der Waals surface area contributed by atoms with Gasteiger partial charge in [-0.25, -0.2) is 0 Å². The number of hydrogen-bond acceptors (Lipinski definition) is 2. The van der Waals surface area contributed by atoms with Crippen LogP contribution in [-0.4, -0.2) is 5.78 Å². The third kappa shape index (κ3) is 3.72. The van der Waals surface area contributed by atoms with Crippen LogP contribution in [0.5, 0.6) is 0 Å². The molecule has 1 N–H and O–H groups in total. The van der Waals surface area contributed by atoms with Crippen molar-refractivity contribution < 1.29 is 4.79 Å². The van der Waals surface area contributed by atoms with Crippen molar-refractivity contribution in [3.63, 3.8) is 0 Å². The highest BCUT2D eigenvalue weighted by atomic mass is 35.5. The number of Topliss-reactive ketones (excluding diaryl/α,β-unsaturated/α-hetero) is 1. The molecule has 122 valence electrons. The summed E-state index contributed by atoms with van der Waals surface area (Å²) in [6, 6.07) is 15.1. The summed E-state index contributed by atoms with van der Waals surface area (Å²) in [5.74, 6) is 0.118. The quantitative estimate of drug-likeness (QED) is 0.767. The summed E-state index contributed by atoms with van der Waals surface area (Å²) in [6.07, 6.45) is 0.450.